The molecule has 0 atom stereocenters. The lowest BCUT2D eigenvalue weighted by molar-refractivity contribution is 0.420. The molecule has 0 radical (unpaired) electrons. The number of nitrogens with zero attached hydrogens (tertiary/aromatic N) is 3. The smallest absolute Gasteiger partial charge is 0.250 e. The molecule has 1 aromatic carbocycles. The highest BCUT2D eigenvalue weighted by molar-refractivity contribution is 7.89. The van der Waals surface area contributed by atoms with Crippen molar-refractivity contribution in [1.82, 2.24) is 14.0 Å². The second-order valence-corrected chi connectivity index (χ2v) is 8.43. The number of hydrogen-bond acceptors (Lipinski definition) is 5. The monoisotopic (exact) mass is 385 g/mol. The Morgan fingerprint density at radius 2 is 1.78 bits per heavy atom. The number of pyridine rings is 1. The van der Waals surface area contributed by atoms with Gasteiger partial charge in [0.25, 0.3) is 5.56 Å². The topological polar surface area (TPSA) is 85.4 Å². The van der Waals surface area contributed by atoms with Crippen molar-refractivity contribution in [3.05, 3.63) is 70.8 Å². The van der Waals surface area contributed by atoms with Gasteiger partial charge in [-0.15, -0.1) is 0 Å². The van der Waals surface area contributed by atoms with Gasteiger partial charge in [0.1, 0.15) is 5.69 Å². The number of rotatable bonds is 5. The van der Waals surface area contributed by atoms with Gasteiger partial charge < -0.3 is 9.09 Å². The lowest BCUT2D eigenvalue weighted by Gasteiger charge is -2.16. The summed E-state index contributed by atoms with van der Waals surface area (Å²) >= 11 is 0. The summed E-state index contributed by atoms with van der Waals surface area (Å²) in [4.78, 5) is 12.3. The Bertz CT molecular complexity index is 1100. The average molecular weight is 385 g/mol. The van der Waals surface area contributed by atoms with Gasteiger partial charge in [0.05, 0.1) is 11.4 Å². The zero-order valence-electron chi connectivity index (χ0n) is 14.6. The van der Waals surface area contributed by atoms with E-state index >= 15 is 0 Å². The third kappa shape index (κ3) is 3.58. The molecule has 0 aliphatic carbocycles. The van der Waals surface area contributed by atoms with Crippen LogP contribution in [0.5, 0.6) is 0 Å². The molecule has 1 saturated heterocycles. The van der Waals surface area contributed by atoms with Gasteiger partial charge in [-0.1, -0.05) is 35.5 Å². The van der Waals surface area contributed by atoms with Gasteiger partial charge in [-0.25, -0.2) is 8.42 Å². The first-order valence-electron chi connectivity index (χ1n) is 8.76. The van der Waals surface area contributed by atoms with Gasteiger partial charge in [-0.3, -0.25) is 4.79 Å². The van der Waals surface area contributed by atoms with Crippen LogP contribution in [0, 0.1) is 0 Å². The first-order valence-corrected chi connectivity index (χ1v) is 10.2. The standard InChI is InChI=1S/C19H19N3O4S/c23-19-9-8-17(27(24,25)22-10-4-5-11-22)14-21(19)13-16-12-18(26-20-16)15-6-2-1-3-7-15/h1-3,6-9,12,14H,4-5,10-11,13H2. The zero-order chi connectivity index (χ0) is 18.9. The third-order valence-corrected chi connectivity index (χ3v) is 6.49. The molecule has 0 spiro atoms. The molecule has 1 aliphatic heterocycles. The molecule has 2 aromatic heterocycles. The first-order chi connectivity index (χ1) is 13.0. The van der Waals surface area contributed by atoms with Crippen LogP contribution < -0.4 is 5.56 Å². The Morgan fingerprint density at radius 3 is 2.52 bits per heavy atom. The summed E-state index contributed by atoms with van der Waals surface area (Å²) in [5.41, 5.74) is 1.14. The largest absolute Gasteiger partial charge is 0.356 e. The Morgan fingerprint density at radius 1 is 1.04 bits per heavy atom. The molecule has 4 rings (SSSR count). The van der Waals surface area contributed by atoms with Gasteiger partial charge in [0.15, 0.2) is 5.76 Å². The van der Waals surface area contributed by atoms with E-state index in [0.717, 1.165) is 18.4 Å². The summed E-state index contributed by atoms with van der Waals surface area (Å²) in [7, 11) is -3.58. The minimum atomic E-state index is -3.58. The Labute approximate surface area is 156 Å². The van der Waals surface area contributed by atoms with Crippen molar-refractivity contribution >= 4 is 10.0 Å². The van der Waals surface area contributed by atoms with E-state index in [4.69, 9.17) is 4.52 Å². The average Bonchev–Trinajstić information content (AvgIpc) is 3.36. The molecule has 0 saturated carbocycles. The minimum absolute atomic E-state index is 0.121. The molecule has 8 heteroatoms. The highest BCUT2D eigenvalue weighted by Crippen LogP contribution is 2.21. The van der Waals surface area contributed by atoms with Gasteiger partial charge in [-0.2, -0.15) is 4.31 Å². The lowest BCUT2D eigenvalue weighted by Crippen LogP contribution is -2.29. The molecule has 1 aliphatic rings. The summed E-state index contributed by atoms with van der Waals surface area (Å²) < 4.78 is 33.6. The summed E-state index contributed by atoms with van der Waals surface area (Å²) in [6.07, 6.45) is 3.10. The predicted octanol–water partition coefficient (Wildman–Crippen LogP) is 2.34. The lowest BCUT2D eigenvalue weighted by atomic mass is 10.2. The van der Waals surface area contributed by atoms with E-state index in [1.807, 2.05) is 30.3 Å². The predicted molar refractivity (Wildman–Crippen MR) is 99.7 cm³/mol. The molecule has 0 amide bonds. The molecule has 1 fully saturated rings. The SMILES string of the molecule is O=c1ccc(S(=O)(=O)N2CCCC2)cn1Cc1cc(-c2ccccc2)on1. The molecule has 0 N–H and O–H groups in total. The second-order valence-electron chi connectivity index (χ2n) is 6.49. The molecule has 140 valence electrons. The van der Waals surface area contributed by atoms with Gasteiger partial charge >= 0.3 is 0 Å². The number of aromatic nitrogens is 2. The molecular weight excluding hydrogens is 366 g/mol. The van der Waals surface area contributed by atoms with E-state index in [9.17, 15) is 13.2 Å². The van der Waals surface area contributed by atoms with Gasteiger partial charge in [-0.05, 0) is 18.9 Å². The Hall–Kier alpha value is -2.71. The number of hydrogen-bond donors (Lipinski definition) is 0. The summed E-state index contributed by atoms with van der Waals surface area (Å²) in [6, 6.07) is 13.9. The molecule has 0 unspecified atom stereocenters. The summed E-state index contributed by atoms with van der Waals surface area (Å²) in [5.74, 6) is 0.597. The van der Waals surface area contributed by atoms with E-state index in [1.165, 1.54) is 27.2 Å². The van der Waals surface area contributed by atoms with Crippen molar-refractivity contribution in [3.8, 4) is 11.3 Å². The van der Waals surface area contributed by atoms with E-state index in [1.54, 1.807) is 6.07 Å². The van der Waals surface area contributed by atoms with Crippen LogP contribution in [0.4, 0.5) is 0 Å². The fourth-order valence-corrected chi connectivity index (χ4v) is 4.70. The van der Waals surface area contributed by atoms with Crippen LogP contribution in [0.3, 0.4) is 0 Å². The van der Waals surface area contributed by atoms with Crippen LogP contribution in [0.2, 0.25) is 0 Å². The van der Waals surface area contributed by atoms with Gasteiger partial charge in [0.2, 0.25) is 10.0 Å². The van der Waals surface area contributed by atoms with Gasteiger partial charge in [0, 0.05) is 37.0 Å². The van der Waals surface area contributed by atoms with Crippen LogP contribution in [0.25, 0.3) is 11.3 Å². The summed E-state index contributed by atoms with van der Waals surface area (Å²) in [6.45, 7) is 1.18. The number of benzene rings is 1. The quantitative estimate of drug-likeness (QED) is 0.673. The normalized spacial score (nSPS) is 15.3. The molecule has 7 nitrogen and oxygen atoms in total. The van der Waals surface area contributed by atoms with Crippen LogP contribution in [-0.2, 0) is 16.6 Å². The van der Waals surface area contributed by atoms with Crippen molar-refractivity contribution in [2.24, 2.45) is 0 Å². The molecule has 27 heavy (non-hydrogen) atoms. The van der Waals surface area contributed by atoms with Crippen LogP contribution >= 0.6 is 0 Å². The van der Waals surface area contributed by atoms with Crippen molar-refractivity contribution in [1.29, 1.82) is 0 Å². The molecule has 3 heterocycles. The third-order valence-electron chi connectivity index (χ3n) is 4.61. The zero-order valence-corrected chi connectivity index (χ0v) is 15.4. The second kappa shape index (κ2) is 7.13. The van der Waals surface area contributed by atoms with Crippen LogP contribution in [-0.4, -0.2) is 35.5 Å². The maximum absolute atomic E-state index is 12.7. The van der Waals surface area contributed by atoms with E-state index in [2.05, 4.69) is 5.16 Å². The Kier molecular flexibility index (Phi) is 4.67. The molecule has 3 aromatic rings. The minimum Gasteiger partial charge on any atom is -0.356 e. The summed E-state index contributed by atoms with van der Waals surface area (Å²) in [5, 5.41) is 4.00. The van der Waals surface area contributed by atoms with Crippen molar-refractivity contribution in [2.75, 3.05) is 13.1 Å². The van der Waals surface area contributed by atoms with E-state index < -0.39 is 10.0 Å². The van der Waals surface area contributed by atoms with Crippen molar-refractivity contribution in [3.63, 3.8) is 0 Å². The highest BCUT2D eigenvalue weighted by Gasteiger charge is 2.27. The fraction of sp³-hybridized carbons (Fsp3) is 0.263. The first kappa shape index (κ1) is 17.7. The Balaban J connectivity index is 1.61. The van der Waals surface area contributed by atoms with Crippen LogP contribution in [0.1, 0.15) is 18.5 Å². The molecular formula is C19H19N3O4S. The van der Waals surface area contributed by atoms with Crippen molar-refractivity contribution < 1.29 is 12.9 Å². The molecule has 0 bridgehead atoms. The maximum atomic E-state index is 12.7. The highest BCUT2D eigenvalue weighted by atomic mass is 32.2. The van der Waals surface area contributed by atoms with E-state index in [-0.39, 0.29) is 17.0 Å². The number of sulfonamides is 1. The maximum Gasteiger partial charge on any atom is 0.250 e. The van der Waals surface area contributed by atoms with Crippen molar-refractivity contribution in [2.45, 2.75) is 24.3 Å². The van der Waals surface area contributed by atoms with E-state index in [0.29, 0.717) is 24.5 Å². The fourth-order valence-electron chi connectivity index (χ4n) is 3.16. The van der Waals surface area contributed by atoms with Crippen LogP contribution in [0.15, 0.2) is 68.9 Å².